The third kappa shape index (κ3) is 10.7. The van der Waals surface area contributed by atoms with Gasteiger partial charge in [0.15, 0.2) is 0 Å². The minimum atomic E-state index is 0. The Bertz CT molecular complexity index is 5010. The van der Waals surface area contributed by atoms with Crippen molar-refractivity contribution in [3.63, 3.8) is 0 Å². The molecule has 0 atom stereocenters. The van der Waals surface area contributed by atoms with Gasteiger partial charge in [0.25, 0.3) is 0 Å². The summed E-state index contributed by atoms with van der Waals surface area (Å²) in [7, 11) is 0. The van der Waals surface area contributed by atoms with Crippen molar-refractivity contribution < 1.29 is 39.0 Å². The van der Waals surface area contributed by atoms with Gasteiger partial charge in [0.05, 0.1) is 45.6 Å². The Hall–Kier alpha value is -11.1. The van der Waals surface area contributed by atoms with Crippen LogP contribution in [0, 0.1) is 23.7 Å². The first kappa shape index (κ1) is 56.7. The maximum absolute atomic E-state index is 5.41. The molecule has 8 nitrogen and oxygen atoms in total. The van der Waals surface area contributed by atoms with Crippen LogP contribution in [0.5, 0.6) is 0 Å². The summed E-state index contributed by atoms with van der Waals surface area (Å²) in [5.74, 6) is 13.6. The van der Waals surface area contributed by atoms with E-state index in [9.17, 15) is 0 Å². The van der Waals surface area contributed by atoms with Crippen LogP contribution in [0.25, 0.3) is 160 Å². The van der Waals surface area contributed by atoms with Crippen molar-refractivity contribution in [1.82, 2.24) is 39.9 Å². The van der Waals surface area contributed by atoms with Crippen LogP contribution in [0.15, 0.2) is 231 Å². The molecule has 4 aliphatic rings. The molecule has 6 aromatic heterocycles. The second kappa shape index (κ2) is 24.6. The predicted octanol–water partition coefficient (Wildman–Crippen LogP) is 17.5. The van der Waals surface area contributed by atoms with Gasteiger partial charge in [-0.2, -0.15) is 0 Å². The molecule has 0 fully saturated rings. The molecule has 12 aromatic rings. The maximum atomic E-state index is 5.41. The molecule has 0 unspecified atom stereocenters. The fourth-order valence-corrected chi connectivity index (χ4v) is 12.0. The van der Waals surface area contributed by atoms with Gasteiger partial charge < -0.3 is 19.9 Å². The van der Waals surface area contributed by atoms with Gasteiger partial charge in [-0.1, -0.05) is 242 Å². The van der Waals surface area contributed by atoms with Crippen molar-refractivity contribution in [3.8, 4) is 90.4 Å². The van der Waals surface area contributed by atoms with Gasteiger partial charge in [0.1, 0.15) is 0 Å². The van der Waals surface area contributed by atoms with Gasteiger partial charge in [0, 0.05) is 11.1 Å². The van der Waals surface area contributed by atoms with Crippen molar-refractivity contribution in [2.75, 3.05) is 0 Å². The molecule has 10 heterocycles. The average Bonchev–Trinajstić information content (AvgIpc) is 3.51. The van der Waals surface area contributed by atoms with Crippen LogP contribution in [0.2, 0.25) is 0 Å². The van der Waals surface area contributed by atoms with Gasteiger partial charge in [-0.25, -0.2) is 19.9 Å². The van der Waals surface area contributed by atoms with E-state index < -0.39 is 0 Å². The predicted molar refractivity (Wildman–Crippen MR) is 360 cm³/mol. The molecule has 0 saturated heterocycles. The van der Waals surface area contributed by atoms with E-state index in [1.165, 1.54) is 0 Å². The van der Waals surface area contributed by atoms with Crippen LogP contribution in [-0.2, 0) is 39.0 Å². The van der Waals surface area contributed by atoms with Crippen LogP contribution >= 0.6 is 0 Å². The number of fused-ring (bicyclic) bond motifs is 16. The molecule has 0 amide bonds. The first-order valence-corrected chi connectivity index (χ1v) is 29.1. The molecule has 16 rings (SSSR count). The smallest absolute Gasteiger partial charge is 0.657 e. The van der Waals surface area contributed by atoms with Crippen LogP contribution in [0.1, 0.15) is 56.7 Å². The topological polar surface area (TPSA) is 108 Å². The second-order valence-corrected chi connectivity index (χ2v) is 21.4. The largest absolute Gasteiger partial charge is 2.00 e. The SMILES string of the molecule is C(C#Cc1c2nc(c(-c3ccccc3)c3ccc([n-]3)c(-c3ccccc3)c3nc(c(-c4ccccc4)c4ccc1[n-]4)C=C3)C=C2)#Cc1c2nc(c(-c3ccccc3)c3ccc([n-]3)c(-c3ccccc3)c3nc(c(-c4ccccc4)c4ccc1[n-]4)C=C3)C=C2.[Zn+2].[Zn+2]. The number of benzene rings is 6. The van der Waals surface area contributed by atoms with E-state index in [2.05, 4.69) is 145 Å². The van der Waals surface area contributed by atoms with Gasteiger partial charge in [-0.15, -0.1) is 44.1 Å². The van der Waals surface area contributed by atoms with Crippen molar-refractivity contribution in [1.29, 1.82) is 0 Å². The van der Waals surface area contributed by atoms with Crippen molar-refractivity contribution in [2.45, 2.75) is 0 Å². The molecule has 0 N–H and O–H groups in total. The maximum Gasteiger partial charge on any atom is 2.00 e. The van der Waals surface area contributed by atoms with Gasteiger partial charge >= 0.3 is 39.0 Å². The normalized spacial score (nSPS) is 11.7. The molecule has 410 valence electrons. The Kier molecular flexibility index (Phi) is 15.5. The quantitative estimate of drug-likeness (QED) is 0.120. The van der Waals surface area contributed by atoms with Gasteiger partial charge in [-0.3, -0.25) is 0 Å². The Morgan fingerprint density at radius 3 is 0.600 bits per heavy atom. The third-order valence-electron chi connectivity index (χ3n) is 16.0. The van der Waals surface area contributed by atoms with E-state index in [0.29, 0.717) is 33.5 Å². The molecule has 4 aliphatic heterocycles. The minimum Gasteiger partial charge on any atom is -0.657 e. The fourth-order valence-electron chi connectivity index (χ4n) is 12.0. The van der Waals surface area contributed by atoms with Crippen molar-refractivity contribution in [2.24, 2.45) is 0 Å². The average molecular weight is 1250 g/mol. The molecule has 0 radical (unpaired) electrons. The van der Waals surface area contributed by atoms with E-state index in [-0.39, 0.29) is 39.0 Å². The Balaban J connectivity index is 0.00000354. The Labute approximate surface area is 545 Å². The summed E-state index contributed by atoms with van der Waals surface area (Å²) in [5.41, 5.74) is 24.5. The summed E-state index contributed by atoms with van der Waals surface area (Å²) in [6, 6.07) is 78.3. The summed E-state index contributed by atoms with van der Waals surface area (Å²) in [6.45, 7) is 0. The van der Waals surface area contributed by atoms with Gasteiger partial charge in [0.2, 0.25) is 0 Å². The molecule has 6 aromatic carbocycles. The van der Waals surface area contributed by atoms with E-state index in [1.54, 1.807) is 0 Å². The summed E-state index contributed by atoms with van der Waals surface area (Å²) in [5, 5.41) is 0. The standard InChI is InChI=1S/C80H46N8.2Zn/c1-7-21-51(22-8-1)75-63-39-35-59(81-63)57(60-36-40-64(82-60)76(52-23-9-2-10-24-52)68-44-48-72(86-68)79(55-29-15-5-16-30-55)71-47-43-67(75)85-71)33-19-20-34-58-61-37-41-65(83-61)77(53-25-11-3-12-26-53)69-45-49-73(87-69)80(56-31-17-6-18-32-56)74-50-46-70(88-74)78(54-27-13-4-14-28-54)66-42-38-62(58)84-66;;/h1-18,21-32,35-50H;;/q-4;2*+2. The van der Waals surface area contributed by atoms with E-state index in [4.69, 9.17) is 39.9 Å². The minimum absolute atomic E-state index is 0. The van der Waals surface area contributed by atoms with Crippen LogP contribution < -0.4 is 19.9 Å². The van der Waals surface area contributed by atoms with Crippen LogP contribution in [0.3, 0.4) is 0 Å². The number of hydrogen-bond donors (Lipinski definition) is 0. The molecular weight excluding hydrogens is 1200 g/mol. The molecule has 0 aliphatic carbocycles. The summed E-state index contributed by atoms with van der Waals surface area (Å²) < 4.78 is 0. The zero-order valence-corrected chi connectivity index (χ0v) is 54.5. The van der Waals surface area contributed by atoms with Crippen molar-refractivity contribution in [3.05, 3.63) is 287 Å². The number of rotatable bonds is 6. The molecule has 16 bridgehead atoms. The zero-order valence-electron chi connectivity index (χ0n) is 48.6. The Morgan fingerprint density at radius 2 is 0.378 bits per heavy atom. The monoisotopic (exact) mass is 1250 g/mol. The summed E-state index contributed by atoms with van der Waals surface area (Å²) >= 11 is 0. The summed E-state index contributed by atoms with van der Waals surface area (Å²) in [4.78, 5) is 43.3. The van der Waals surface area contributed by atoms with E-state index in [0.717, 1.165) is 134 Å². The van der Waals surface area contributed by atoms with E-state index in [1.807, 2.05) is 158 Å². The number of hydrogen-bond acceptors (Lipinski definition) is 4. The van der Waals surface area contributed by atoms with Crippen LogP contribution in [0.4, 0.5) is 0 Å². The van der Waals surface area contributed by atoms with Gasteiger partial charge in [-0.05, 0) is 127 Å². The second-order valence-electron chi connectivity index (χ2n) is 21.4. The van der Waals surface area contributed by atoms with Crippen LogP contribution in [-0.4, -0.2) is 19.9 Å². The molecule has 90 heavy (non-hydrogen) atoms. The first-order chi connectivity index (χ1) is 43.6. The fraction of sp³-hybridized carbons (Fsp3) is 0. The molecule has 10 heteroatoms. The molecule has 0 spiro atoms. The molecule has 0 saturated carbocycles. The summed E-state index contributed by atoms with van der Waals surface area (Å²) in [6.07, 6.45) is 16.4. The third-order valence-corrected chi connectivity index (χ3v) is 16.0. The zero-order chi connectivity index (χ0) is 58.3. The van der Waals surface area contributed by atoms with Crippen molar-refractivity contribution >= 4 is 92.7 Å². The number of aromatic nitrogens is 8. The number of nitrogens with zero attached hydrogens (tertiary/aromatic N) is 8. The first-order valence-electron chi connectivity index (χ1n) is 29.1. The van der Waals surface area contributed by atoms with E-state index >= 15 is 0 Å². The Morgan fingerprint density at radius 1 is 0.200 bits per heavy atom. The molecular formula is C80H46N8Zn2.